The maximum Gasteiger partial charge on any atom is 0.221 e. The van der Waals surface area contributed by atoms with Crippen molar-refractivity contribution in [3.05, 3.63) is 59.1 Å². The molecule has 0 saturated carbocycles. The molecule has 20 heavy (non-hydrogen) atoms. The fourth-order valence-corrected chi connectivity index (χ4v) is 3.58. The van der Waals surface area contributed by atoms with Crippen LogP contribution in [-0.4, -0.2) is 13.4 Å². The lowest BCUT2D eigenvalue weighted by molar-refractivity contribution is 0.593. The zero-order valence-corrected chi connectivity index (χ0v) is 12.3. The van der Waals surface area contributed by atoms with Gasteiger partial charge in [-0.3, -0.25) is 0 Å². The Balaban J connectivity index is 2.18. The fraction of sp³-hybridized carbons (Fsp3) is 0.0667. The summed E-state index contributed by atoms with van der Waals surface area (Å²) in [5.74, 6) is 0. The number of hydrogen-bond acceptors (Lipinski definition) is 2. The Kier molecular flexibility index (Phi) is 3.07. The summed E-state index contributed by atoms with van der Waals surface area (Å²) in [6.45, 7) is 1.92. The molecule has 1 heterocycles. The summed E-state index contributed by atoms with van der Waals surface area (Å²) in [7, 11) is -3.55. The number of H-pyrrole nitrogens is 1. The van der Waals surface area contributed by atoms with Gasteiger partial charge in [0.25, 0.3) is 0 Å². The molecule has 1 aromatic heterocycles. The van der Waals surface area contributed by atoms with Crippen molar-refractivity contribution in [1.29, 1.82) is 0 Å². The zero-order chi connectivity index (χ0) is 14.3. The van der Waals surface area contributed by atoms with E-state index in [1.807, 2.05) is 6.92 Å². The van der Waals surface area contributed by atoms with E-state index in [1.165, 1.54) is 0 Å². The highest BCUT2D eigenvalue weighted by Gasteiger charge is 2.20. The maximum absolute atomic E-state index is 12.6. The number of aromatic amines is 1. The summed E-state index contributed by atoms with van der Waals surface area (Å²) in [4.78, 5) is 3.19. The lowest BCUT2D eigenvalue weighted by Gasteiger charge is -2.02. The summed E-state index contributed by atoms with van der Waals surface area (Å²) in [6.07, 6.45) is 0. The molecule has 0 bridgehead atoms. The van der Waals surface area contributed by atoms with Crippen LogP contribution in [-0.2, 0) is 9.84 Å². The minimum absolute atomic E-state index is 0.157. The summed E-state index contributed by atoms with van der Waals surface area (Å²) < 4.78 is 25.1. The van der Waals surface area contributed by atoms with Gasteiger partial charge in [-0.15, -0.1) is 0 Å². The lowest BCUT2D eigenvalue weighted by atomic mass is 10.2. The van der Waals surface area contributed by atoms with Crippen LogP contribution in [0.25, 0.3) is 10.9 Å². The topological polar surface area (TPSA) is 49.9 Å². The molecule has 3 nitrogen and oxygen atoms in total. The van der Waals surface area contributed by atoms with Gasteiger partial charge in [0.05, 0.1) is 4.90 Å². The van der Waals surface area contributed by atoms with Gasteiger partial charge < -0.3 is 4.98 Å². The average Bonchev–Trinajstić information content (AvgIpc) is 2.85. The van der Waals surface area contributed by atoms with E-state index in [1.54, 1.807) is 48.5 Å². The summed E-state index contributed by atoms with van der Waals surface area (Å²) in [5, 5.41) is 1.40. The number of aryl methyl sites for hydroxylation is 1. The third-order valence-electron chi connectivity index (χ3n) is 3.21. The van der Waals surface area contributed by atoms with Crippen molar-refractivity contribution in [2.75, 3.05) is 0 Å². The maximum atomic E-state index is 12.6. The molecule has 0 saturated heterocycles. The zero-order valence-electron chi connectivity index (χ0n) is 10.7. The highest BCUT2D eigenvalue weighted by atomic mass is 35.5. The first-order chi connectivity index (χ1) is 9.48. The van der Waals surface area contributed by atoms with E-state index < -0.39 is 9.84 Å². The van der Waals surface area contributed by atoms with Crippen LogP contribution in [0.3, 0.4) is 0 Å². The molecule has 0 radical (unpaired) electrons. The molecular formula is C15H12ClNO2S. The van der Waals surface area contributed by atoms with Crippen LogP contribution in [0.1, 0.15) is 5.56 Å². The minimum Gasteiger partial charge on any atom is -0.345 e. The summed E-state index contributed by atoms with van der Waals surface area (Å²) >= 11 is 6.07. The number of nitrogens with one attached hydrogen (secondary N) is 1. The summed E-state index contributed by atoms with van der Waals surface area (Å²) in [5.41, 5.74) is 1.73. The molecule has 0 aliphatic rings. The van der Waals surface area contributed by atoms with Crippen molar-refractivity contribution < 1.29 is 8.42 Å². The normalized spacial score (nSPS) is 11.9. The number of rotatable bonds is 2. The fourth-order valence-electron chi connectivity index (χ4n) is 2.08. The quantitative estimate of drug-likeness (QED) is 0.779. The number of aromatic nitrogens is 1. The molecule has 0 fully saturated rings. The van der Waals surface area contributed by atoms with Crippen LogP contribution in [0.4, 0.5) is 0 Å². The third-order valence-corrected chi connectivity index (χ3v) is 5.23. The Morgan fingerprint density at radius 1 is 1.05 bits per heavy atom. The van der Waals surface area contributed by atoms with Gasteiger partial charge in [-0.25, -0.2) is 8.42 Å². The second-order valence-corrected chi connectivity index (χ2v) is 6.98. The molecular weight excluding hydrogens is 294 g/mol. The van der Waals surface area contributed by atoms with E-state index in [2.05, 4.69) is 4.98 Å². The van der Waals surface area contributed by atoms with Gasteiger partial charge >= 0.3 is 0 Å². The van der Waals surface area contributed by atoms with Crippen LogP contribution in [0, 0.1) is 6.92 Å². The molecule has 1 N–H and O–H groups in total. The molecule has 3 rings (SSSR count). The number of fused-ring (bicyclic) bond motifs is 1. The van der Waals surface area contributed by atoms with E-state index in [0.717, 1.165) is 5.56 Å². The SMILES string of the molecule is Cc1ccc(S(=O)(=O)c2cc3c(Cl)cccc3[nH]2)cc1. The Labute approximate surface area is 122 Å². The second-order valence-electron chi connectivity index (χ2n) is 4.65. The molecule has 0 atom stereocenters. The monoisotopic (exact) mass is 305 g/mol. The van der Waals surface area contributed by atoms with Gasteiger partial charge in [-0.1, -0.05) is 35.4 Å². The van der Waals surface area contributed by atoms with Gasteiger partial charge in [-0.05, 0) is 37.3 Å². The van der Waals surface area contributed by atoms with E-state index >= 15 is 0 Å². The first kappa shape index (κ1) is 13.2. The highest BCUT2D eigenvalue weighted by molar-refractivity contribution is 7.91. The summed E-state index contributed by atoms with van der Waals surface area (Å²) in [6, 6.07) is 13.7. The van der Waals surface area contributed by atoms with Gasteiger partial charge in [-0.2, -0.15) is 0 Å². The predicted molar refractivity (Wildman–Crippen MR) is 79.9 cm³/mol. The van der Waals surface area contributed by atoms with Crippen molar-refractivity contribution in [3.8, 4) is 0 Å². The molecule has 0 unspecified atom stereocenters. The molecule has 0 amide bonds. The smallest absolute Gasteiger partial charge is 0.221 e. The van der Waals surface area contributed by atoms with Crippen molar-refractivity contribution >= 4 is 32.3 Å². The van der Waals surface area contributed by atoms with Crippen molar-refractivity contribution in [2.45, 2.75) is 16.8 Å². The lowest BCUT2D eigenvalue weighted by Crippen LogP contribution is -2.02. The first-order valence-electron chi connectivity index (χ1n) is 6.07. The van der Waals surface area contributed by atoms with Crippen molar-refractivity contribution in [1.82, 2.24) is 4.98 Å². The van der Waals surface area contributed by atoms with E-state index in [9.17, 15) is 8.42 Å². The van der Waals surface area contributed by atoms with Gasteiger partial charge in [0.1, 0.15) is 5.03 Å². The highest BCUT2D eigenvalue weighted by Crippen LogP contribution is 2.28. The predicted octanol–water partition coefficient (Wildman–Crippen LogP) is 3.96. The van der Waals surface area contributed by atoms with Crippen molar-refractivity contribution in [3.63, 3.8) is 0 Å². The van der Waals surface area contributed by atoms with Gasteiger partial charge in [0.2, 0.25) is 9.84 Å². The molecule has 0 aliphatic heterocycles. The van der Waals surface area contributed by atoms with Crippen LogP contribution in [0.5, 0.6) is 0 Å². The molecule has 3 aromatic rings. The van der Waals surface area contributed by atoms with Crippen LogP contribution in [0.15, 0.2) is 58.5 Å². The minimum atomic E-state index is -3.55. The van der Waals surface area contributed by atoms with Gasteiger partial charge in [0, 0.05) is 15.9 Å². The van der Waals surface area contributed by atoms with E-state index in [0.29, 0.717) is 15.9 Å². The Hall–Kier alpha value is -1.78. The molecule has 0 spiro atoms. The number of halogens is 1. The Morgan fingerprint density at radius 2 is 1.75 bits per heavy atom. The molecule has 102 valence electrons. The van der Waals surface area contributed by atoms with Crippen LogP contribution >= 0.6 is 11.6 Å². The Bertz CT molecular complexity index is 880. The number of hydrogen-bond donors (Lipinski definition) is 1. The standard InChI is InChI=1S/C15H12ClNO2S/c1-10-5-7-11(8-6-10)20(18,19)15-9-12-13(16)3-2-4-14(12)17-15/h2-9,17H,1H3. The second kappa shape index (κ2) is 4.65. The number of benzene rings is 2. The van der Waals surface area contributed by atoms with E-state index in [4.69, 9.17) is 11.6 Å². The first-order valence-corrected chi connectivity index (χ1v) is 7.93. The van der Waals surface area contributed by atoms with Crippen LogP contribution < -0.4 is 0 Å². The van der Waals surface area contributed by atoms with Crippen LogP contribution in [0.2, 0.25) is 5.02 Å². The van der Waals surface area contributed by atoms with Crippen molar-refractivity contribution in [2.24, 2.45) is 0 Å². The largest absolute Gasteiger partial charge is 0.345 e. The van der Waals surface area contributed by atoms with E-state index in [-0.39, 0.29) is 9.92 Å². The average molecular weight is 306 g/mol. The third kappa shape index (κ3) is 2.11. The Morgan fingerprint density at radius 3 is 2.40 bits per heavy atom. The molecule has 2 aromatic carbocycles. The molecule has 5 heteroatoms. The molecule has 0 aliphatic carbocycles. The van der Waals surface area contributed by atoms with Gasteiger partial charge in [0.15, 0.2) is 0 Å². The number of sulfone groups is 1.